The van der Waals surface area contributed by atoms with Gasteiger partial charge in [0.15, 0.2) is 0 Å². The van der Waals surface area contributed by atoms with E-state index < -0.39 is 11.8 Å². The number of amides is 2. The Kier molecular flexibility index (Phi) is 4.63. The lowest BCUT2D eigenvalue weighted by Gasteiger charge is -2.26. The maximum atomic E-state index is 11.9. The predicted molar refractivity (Wildman–Crippen MR) is 74.5 cm³/mol. The Bertz CT molecular complexity index is 481. The molecule has 1 saturated heterocycles. The van der Waals surface area contributed by atoms with Gasteiger partial charge in [0.25, 0.3) is 0 Å². The van der Waals surface area contributed by atoms with E-state index >= 15 is 0 Å². The fraction of sp³-hybridized carbons (Fsp3) is 0.333. The van der Waals surface area contributed by atoms with E-state index in [1.807, 2.05) is 0 Å². The molecule has 0 atom stereocenters. The smallest absolute Gasteiger partial charge is 0.313 e. The third-order valence-electron chi connectivity index (χ3n) is 2.72. The monoisotopic (exact) mass is 301 g/mol. The second kappa shape index (κ2) is 6.23. The molecule has 0 unspecified atom stereocenters. The van der Waals surface area contributed by atoms with Crippen molar-refractivity contribution in [2.45, 2.75) is 0 Å². The summed E-state index contributed by atoms with van der Waals surface area (Å²) in [5.41, 5.74) is 0.408. The van der Waals surface area contributed by atoms with Gasteiger partial charge in [0.2, 0.25) is 0 Å². The van der Waals surface area contributed by atoms with Gasteiger partial charge in [0.1, 0.15) is 0 Å². The number of benzene rings is 1. The molecule has 2 N–H and O–H groups in total. The second-order valence-electron chi connectivity index (χ2n) is 4.15. The Hall–Kier alpha value is -1.30. The highest BCUT2D eigenvalue weighted by molar-refractivity contribution is 6.40. The lowest BCUT2D eigenvalue weighted by Crippen LogP contribution is -2.49. The van der Waals surface area contributed by atoms with Crippen LogP contribution in [-0.4, -0.2) is 42.9 Å². The van der Waals surface area contributed by atoms with E-state index in [0.29, 0.717) is 41.9 Å². The van der Waals surface area contributed by atoms with Crippen LogP contribution >= 0.6 is 23.2 Å². The third-order valence-corrected chi connectivity index (χ3v) is 3.16. The minimum absolute atomic E-state index is 0.400. The number of nitrogens with one attached hydrogen (secondary N) is 2. The molecule has 1 aromatic rings. The molecule has 2 amide bonds. The van der Waals surface area contributed by atoms with Gasteiger partial charge >= 0.3 is 11.8 Å². The van der Waals surface area contributed by atoms with Crippen molar-refractivity contribution in [3.8, 4) is 0 Å². The van der Waals surface area contributed by atoms with Crippen LogP contribution in [0.1, 0.15) is 0 Å². The van der Waals surface area contributed by atoms with E-state index in [2.05, 4.69) is 10.6 Å². The van der Waals surface area contributed by atoms with Crippen LogP contribution in [0.2, 0.25) is 10.0 Å². The third kappa shape index (κ3) is 3.83. The van der Waals surface area contributed by atoms with Crippen molar-refractivity contribution in [3.63, 3.8) is 0 Å². The Balaban J connectivity index is 2.01. The quantitative estimate of drug-likeness (QED) is 0.770. The van der Waals surface area contributed by atoms with Crippen molar-refractivity contribution < 1.29 is 9.59 Å². The number of nitrogens with zero attached hydrogens (tertiary/aromatic N) is 1. The van der Waals surface area contributed by atoms with Crippen molar-refractivity contribution in [1.82, 2.24) is 10.2 Å². The Labute approximate surface area is 120 Å². The van der Waals surface area contributed by atoms with Crippen LogP contribution in [0.4, 0.5) is 5.69 Å². The van der Waals surface area contributed by atoms with Gasteiger partial charge in [0, 0.05) is 41.9 Å². The zero-order valence-electron chi connectivity index (χ0n) is 10.1. The van der Waals surface area contributed by atoms with E-state index in [1.165, 1.54) is 17.0 Å². The van der Waals surface area contributed by atoms with Crippen LogP contribution in [0.5, 0.6) is 0 Å². The molecule has 1 aliphatic rings. The predicted octanol–water partition coefficient (Wildman–Crippen LogP) is 1.36. The first kappa shape index (κ1) is 14.1. The molecule has 102 valence electrons. The molecule has 0 aromatic heterocycles. The van der Waals surface area contributed by atoms with Gasteiger partial charge < -0.3 is 15.5 Å². The molecule has 1 heterocycles. The standard InChI is InChI=1S/C12H13Cl2N3O2/c13-8-5-9(14)7-10(6-8)16-11(18)12(19)17-3-1-15-2-4-17/h5-7,15H,1-4H2,(H,16,18). The minimum Gasteiger partial charge on any atom is -0.332 e. The minimum atomic E-state index is -0.680. The SMILES string of the molecule is O=C(Nc1cc(Cl)cc(Cl)c1)C(=O)N1CCNCC1. The summed E-state index contributed by atoms with van der Waals surface area (Å²) < 4.78 is 0. The summed E-state index contributed by atoms with van der Waals surface area (Å²) in [4.78, 5) is 25.2. The van der Waals surface area contributed by atoms with Gasteiger partial charge in [-0.2, -0.15) is 0 Å². The number of carbonyl (C=O) groups is 2. The molecule has 1 fully saturated rings. The van der Waals surface area contributed by atoms with E-state index in [9.17, 15) is 9.59 Å². The average Bonchev–Trinajstić information content (AvgIpc) is 2.37. The normalized spacial score (nSPS) is 15.2. The zero-order valence-corrected chi connectivity index (χ0v) is 11.6. The van der Waals surface area contributed by atoms with Crippen molar-refractivity contribution in [1.29, 1.82) is 0 Å². The van der Waals surface area contributed by atoms with Crippen molar-refractivity contribution >= 4 is 40.7 Å². The van der Waals surface area contributed by atoms with E-state index in [0.717, 1.165) is 0 Å². The number of rotatable bonds is 1. The first-order valence-corrected chi connectivity index (χ1v) is 6.59. The van der Waals surface area contributed by atoms with E-state index in [1.54, 1.807) is 6.07 Å². The van der Waals surface area contributed by atoms with Crippen molar-refractivity contribution in [3.05, 3.63) is 28.2 Å². The fourth-order valence-corrected chi connectivity index (χ4v) is 2.35. The largest absolute Gasteiger partial charge is 0.332 e. The topological polar surface area (TPSA) is 61.4 Å². The van der Waals surface area contributed by atoms with Gasteiger partial charge in [-0.3, -0.25) is 9.59 Å². The summed E-state index contributed by atoms with van der Waals surface area (Å²) in [6, 6.07) is 4.63. The Morgan fingerprint density at radius 1 is 1.11 bits per heavy atom. The van der Waals surface area contributed by atoms with Gasteiger partial charge in [-0.1, -0.05) is 23.2 Å². The number of hydrogen-bond donors (Lipinski definition) is 2. The fourth-order valence-electron chi connectivity index (χ4n) is 1.82. The molecule has 0 radical (unpaired) electrons. The first-order valence-electron chi connectivity index (χ1n) is 5.83. The van der Waals surface area contributed by atoms with Gasteiger partial charge in [0.05, 0.1) is 0 Å². The highest BCUT2D eigenvalue weighted by Crippen LogP contribution is 2.22. The molecule has 7 heteroatoms. The Morgan fingerprint density at radius 2 is 1.68 bits per heavy atom. The highest BCUT2D eigenvalue weighted by Gasteiger charge is 2.23. The molecule has 5 nitrogen and oxygen atoms in total. The maximum Gasteiger partial charge on any atom is 0.313 e. The molecule has 0 bridgehead atoms. The number of anilines is 1. The lowest BCUT2D eigenvalue weighted by atomic mass is 10.3. The summed E-state index contributed by atoms with van der Waals surface area (Å²) in [6.45, 7) is 2.45. The molecule has 1 aliphatic heterocycles. The molecular weight excluding hydrogens is 289 g/mol. The summed E-state index contributed by atoms with van der Waals surface area (Å²) in [7, 11) is 0. The molecule has 0 spiro atoms. The van der Waals surface area contributed by atoms with Gasteiger partial charge in [-0.05, 0) is 18.2 Å². The number of piperazine rings is 1. The molecule has 0 aliphatic carbocycles. The second-order valence-corrected chi connectivity index (χ2v) is 5.03. The van der Waals surface area contributed by atoms with Crippen LogP contribution in [-0.2, 0) is 9.59 Å². The summed E-state index contributed by atoms with van der Waals surface area (Å²) in [5, 5.41) is 6.41. The van der Waals surface area contributed by atoms with E-state index in [4.69, 9.17) is 23.2 Å². The van der Waals surface area contributed by atoms with Crippen LogP contribution in [0.15, 0.2) is 18.2 Å². The molecule has 0 saturated carbocycles. The average molecular weight is 302 g/mol. The van der Waals surface area contributed by atoms with Gasteiger partial charge in [-0.25, -0.2) is 0 Å². The van der Waals surface area contributed by atoms with Crippen LogP contribution in [0, 0.1) is 0 Å². The molecule has 19 heavy (non-hydrogen) atoms. The molecule has 1 aromatic carbocycles. The van der Waals surface area contributed by atoms with Crippen molar-refractivity contribution in [2.75, 3.05) is 31.5 Å². The zero-order chi connectivity index (χ0) is 13.8. The highest BCUT2D eigenvalue weighted by atomic mass is 35.5. The molecular formula is C12H13Cl2N3O2. The van der Waals surface area contributed by atoms with E-state index in [-0.39, 0.29) is 0 Å². The van der Waals surface area contributed by atoms with Crippen LogP contribution < -0.4 is 10.6 Å². The van der Waals surface area contributed by atoms with Gasteiger partial charge in [-0.15, -0.1) is 0 Å². The summed E-state index contributed by atoms with van der Waals surface area (Å²) in [5.74, 6) is -1.22. The number of hydrogen-bond acceptors (Lipinski definition) is 3. The first-order chi connectivity index (χ1) is 9.06. The molecule has 2 rings (SSSR count). The lowest BCUT2D eigenvalue weighted by molar-refractivity contribution is -0.143. The van der Waals surface area contributed by atoms with Crippen LogP contribution in [0.25, 0.3) is 0 Å². The van der Waals surface area contributed by atoms with Crippen molar-refractivity contribution in [2.24, 2.45) is 0 Å². The summed E-state index contributed by atoms with van der Waals surface area (Å²) >= 11 is 11.6. The summed E-state index contributed by atoms with van der Waals surface area (Å²) in [6.07, 6.45) is 0. The van der Waals surface area contributed by atoms with Crippen LogP contribution in [0.3, 0.4) is 0 Å². The Morgan fingerprint density at radius 3 is 2.26 bits per heavy atom. The maximum absolute atomic E-state index is 11.9. The number of carbonyl (C=O) groups excluding carboxylic acids is 2. The number of halogens is 2.